The Bertz CT molecular complexity index is 1110. The fourth-order valence-electron chi connectivity index (χ4n) is 3.97. The van der Waals surface area contributed by atoms with Gasteiger partial charge in [0.2, 0.25) is 0 Å². The Morgan fingerprint density at radius 3 is 2.55 bits per heavy atom. The number of rotatable bonds is 7. The fraction of sp³-hybridized carbons (Fsp3) is 0.320. The molecular formula is C25H28N4O3S. The van der Waals surface area contributed by atoms with E-state index in [2.05, 4.69) is 10.7 Å². The van der Waals surface area contributed by atoms with E-state index in [4.69, 9.17) is 19.9 Å². The average molecular weight is 465 g/mol. The van der Waals surface area contributed by atoms with E-state index in [1.54, 1.807) is 37.7 Å². The minimum Gasteiger partial charge on any atom is -0.493 e. The van der Waals surface area contributed by atoms with Gasteiger partial charge in [0.05, 0.1) is 31.5 Å². The molecule has 4 rings (SSSR count). The summed E-state index contributed by atoms with van der Waals surface area (Å²) in [5, 5.41) is 14.4. The van der Waals surface area contributed by atoms with Crippen LogP contribution < -0.4 is 14.8 Å². The molecule has 1 aliphatic heterocycles. The maximum atomic E-state index is 12.2. The second-order valence-electron chi connectivity index (χ2n) is 7.90. The minimum absolute atomic E-state index is 0.152. The molecule has 0 atom stereocenters. The number of methoxy groups -OCH3 is 2. The first-order valence-electron chi connectivity index (χ1n) is 10.9. The summed E-state index contributed by atoms with van der Waals surface area (Å²) in [6, 6.07) is 14.9. The van der Waals surface area contributed by atoms with Crippen LogP contribution >= 0.6 is 11.3 Å². The van der Waals surface area contributed by atoms with Crippen molar-refractivity contribution in [3.05, 3.63) is 64.5 Å². The van der Waals surface area contributed by atoms with Crippen molar-refractivity contribution < 1.29 is 14.3 Å². The highest BCUT2D eigenvalue weighted by Crippen LogP contribution is 2.36. The number of hydrogen-bond donors (Lipinski definition) is 2. The SMILES string of the molecule is COc1ccc(-c2csc(C3CCN(C(=N)CNC(=O)c4ccccc4)CC3)n2)cc1OC. The lowest BCUT2D eigenvalue weighted by atomic mass is 9.97. The molecule has 2 aromatic carbocycles. The number of aromatic nitrogens is 1. The third-order valence-electron chi connectivity index (χ3n) is 5.88. The number of amides is 1. The zero-order valence-corrected chi connectivity index (χ0v) is 19.7. The van der Waals surface area contributed by atoms with Crippen molar-refractivity contribution in [1.29, 1.82) is 5.41 Å². The van der Waals surface area contributed by atoms with E-state index >= 15 is 0 Å². The molecule has 172 valence electrons. The van der Waals surface area contributed by atoms with Crippen LogP contribution in [0.3, 0.4) is 0 Å². The van der Waals surface area contributed by atoms with Crippen LogP contribution in [0.5, 0.6) is 11.5 Å². The molecule has 1 saturated heterocycles. The van der Waals surface area contributed by atoms with Gasteiger partial charge in [-0.3, -0.25) is 10.2 Å². The first-order valence-corrected chi connectivity index (χ1v) is 11.8. The van der Waals surface area contributed by atoms with Gasteiger partial charge in [-0.1, -0.05) is 18.2 Å². The molecule has 0 radical (unpaired) electrons. The standard InChI is InChI=1S/C25H28N4O3S/c1-31-21-9-8-19(14-22(21)32-2)20-16-33-25(28-20)18-10-12-29(13-11-18)23(26)15-27-24(30)17-6-4-3-5-7-17/h3-9,14,16,18,26H,10-13,15H2,1-2H3,(H,27,30). The molecule has 7 nitrogen and oxygen atoms in total. The van der Waals surface area contributed by atoms with Gasteiger partial charge in [0, 0.05) is 35.5 Å². The molecule has 33 heavy (non-hydrogen) atoms. The number of benzene rings is 2. The van der Waals surface area contributed by atoms with Gasteiger partial charge in [-0.2, -0.15) is 0 Å². The number of thiazole rings is 1. The zero-order valence-electron chi connectivity index (χ0n) is 18.8. The summed E-state index contributed by atoms with van der Waals surface area (Å²) in [6.45, 7) is 1.81. The summed E-state index contributed by atoms with van der Waals surface area (Å²) in [4.78, 5) is 19.2. The van der Waals surface area contributed by atoms with Crippen LogP contribution in [0.2, 0.25) is 0 Å². The van der Waals surface area contributed by atoms with Gasteiger partial charge in [0.25, 0.3) is 5.91 Å². The number of carbonyl (C=O) groups is 1. The van der Waals surface area contributed by atoms with E-state index in [1.165, 1.54) is 0 Å². The van der Waals surface area contributed by atoms with Crippen molar-refractivity contribution in [2.75, 3.05) is 33.9 Å². The lowest BCUT2D eigenvalue weighted by molar-refractivity contribution is 0.0958. The summed E-state index contributed by atoms with van der Waals surface area (Å²) >= 11 is 1.68. The first kappa shape index (κ1) is 22.8. The van der Waals surface area contributed by atoms with Crippen molar-refractivity contribution in [2.45, 2.75) is 18.8 Å². The number of nitrogens with one attached hydrogen (secondary N) is 2. The lowest BCUT2D eigenvalue weighted by Gasteiger charge is -2.33. The monoisotopic (exact) mass is 464 g/mol. The van der Waals surface area contributed by atoms with Crippen LogP contribution in [0.1, 0.15) is 34.1 Å². The van der Waals surface area contributed by atoms with Crippen molar-refractivity contribution in [1.82, 2.24) is 15.2 Å². The van der Waals surface area contributed by atoms with Gasteiger partial charge in [-0.15, -0.1) is 11.3 Å². The van der Waals surface area contributed by atoms with E-state index in [1.807, 2.05) is 41.3 Å². The zero-order chi connectivity index (χ0) is 23.2. The second-order valence-corrected chi connectivity index (χ2v) is 8.79. The third-order valence-corrected chi connectivity index (χ3v) is 6.89. The van der Waals surface area contributed by atoms with E-state index in [0.29, 0.717) is 28.8 Å². The van der Waals surface area contributed by atoms with Crippen molar-refractivity contribution in [3.8, 4) is 22.8 Å². The fourth-order valence-corrected chi connectivity index (χ4v) is 4.97. The molecule has 3 aromatic rings. The van der Waals surface area contributed by atoms with E-state index in [-0.39, 0.29) is 12.5 Å². The molecule has 0 spiro atoms. The van der Waals surface area contributed by atoms with Crippen molar-refractivity contribution in [3.63, 3.8) is 0 Å². The maximum absolute atomic E-state index is 12.2. The summed E-state index contributed by atoms with van der Waals surface area (Å²) in [5.74, 6) is 2.07. The molecule has 8 heteroatoms. The predicted octanol–water partition coefficient (Wildman–Crippen LogP) is 4.41. The van der Waals surface area contributed by atoms with Crippen LogP contribution in [0.4, 0.5) is 0 Å². The summed E-state index contributed by atoms with van der Waals surface area (Å²) in [7, 11) is 3.26. The largest absolute Gasteiger partial charge is 0.493 e. The van der Waals surface area contributed by atoms with Gasteiger partial charge < -0.3 is 19.7 Å². The normalized spacial score (nSPS) is 14.1. The molecule has 2 heterocycles. The number of ether oxygens (including phenoxy) is 2. The number of carbonyl (C=O) groups excluding carboxylic acids is 1. The van der Waals surface area contributed by atoms with E-state index in [0.717, 1.165) is 42.2 Å². The summed E-state index contributed by atoms with van der Waals surface area (Å²) < 4.78 is 10.7. The minimum atomic E-state index is -0.152. The van der Waals surface area contributed by atoms with Crippen LogP contribution in [0.25, 0.3) is 11.3 Å². The van der Waals surface area contributed by atoms with Gasteiger partial charge in [-0.25, -0.2) is 4.98 Å². The van der Waals surface area contributed by atoms with E-state index < -0.39 is 0 Å². The summed E-state index contributed by atoms with van der Waals surface area (Å²) in [5.41, 5.74) is 2.55. The van der Waals surface area contributed by atoms with Crippen molar-refractivity contribution in [2.24, 2.45) is 0 Å². The Morgan fingerprint density at radius 1 is 1.12 bits per heavy atom. The highest BCUT2D eigenvalue weighted by atomic mass is 32.1. The Morgan fingerprint density at radius 2 is 1.85 bits per heavy atom. The highest BCUT2D eigenvalue weighted by Gasteiger charge is 2.25. The highest BCUT2D eigenvalue weighted by molar-refractivity contribution is 7.10. The molecule has 1 aromatic heterocycles. The molecule has 0 saturated carbocycles. The first-order chi connectivity index (χ1) is 16.1. The number of nitrogens with zero attached hydrogens (tertiary/aromatic N) is 2. The molecule has 2 N–H and O–H groups in total. The van der Waals surface area contributed by atoms with Crippen LogP contribution in [0, 0.1) is 5.41 Å². The van der Waals surface area contributed by atoms with Crippen LogP contribution in [-0.4, -0.2) is 55.5 Å². The molecule has 0 bridgehead atoms. The maximum Gasteiger partial charge on any atom is 0.251 e. The summed E-state index contributed by atoms with van der Waals surface area (Å²) in [6.07, 6.45) is 1.88. The molecular weight excluding hydrogens is 436 g/mol. The quantitative estimate of drug-likeness (QED) is 0.399. The predicted molar refractivity (Wildman–Crippen MR) is 131 cm³/mol. The van der Waals surface area contributed by atoms with E-state index in [9.17, 15) is 4.79 Å². The molecule has 1 fully saturated rings. The van der Waals surface area contributed by atoms with Gasteiger partial charge >= 0.3 is 0 Å². The van der Waals surface area contributed by atoms with Gasteiger partial charge in [0.15, 0.2) is 11.5 Å². The lowest BCUT2D eigenvalue weighted by Crippen LogP contribution is -2.43. The Balaban J connectivity index is 1.31. The van der Waals surface area contributed by atoms with Crippen LogP contribution in [-0.2, 0) is 0 Å². The number of hydrogen-bond acceptors (Lipinski definition) is 6. The van der Waals surface area contributed by atoms with Crippen molar-refractivity contribution >= 4 is 23.1 Å². The Hall–Kier alpha value is -3.39. The molecule has 1 aliphatic rings. The number of piperidine rings is 1. The van der Waals surface area contributed by atoms with Gasteiger partial charge in [0.1, 0.15) is 5.84 Å². The average Bonchev–Trinajstić information content (AvgIpc) is 3.37. The molecule has 0 aliphatic carbocycles. The number of amidine groups is 1. The Labute approximate surface area is 197 Å². The Kier molecular flexibility index (Phi) is 7.24. The molecule has 1 amide bonds. The van der Waals surface area contributed by atoms with Gasteiger partial charge in [-0.05, 0) is 43.2 Å². The third kappa shape index (κ3) is 5.34. The topological polar surface area (TPSA) is 87.5 Å². The second kappa shape index (κ2) is 10.5. The smallest absolute Gasteiger partial charge is 0.251 e. The molecule has 0 unspecified atom stereocenters. The van der Waals surface area contributed by atoms with Crippen LogP contribution in [0.15, 0.2) is 53.9 Å². The number of likely N-dealkylation sites (tertiary alicyclic amines) is 1.